The van der Waals surface area contributed by atoms with Gasteiger partial charge in [-0.1, -0.05) is 6.42 Å². The minimum Gasteiger partial charge on any atom is -0.444 e. The number of nitrogens with zero attached hydrogens (tertiary/aromatic N) is 1. The molecule has 21 heavy (non-hydrogen) atoms. The fourth-order valence-electron chi connectivity index (χ4n) is 3.30. The maximum atomic E-state index is 12.0. The van der Waals surface area contributed by atoms with E-state index in [-0.39, 0.29) is 17.8 Å². The van der Waals surface area contributed by atoms with Crippen molar-refractivity contribution in [2.24, 2.45) is 5.92 Å². The standard InChI is InChI=1S/C16H27NO4/c1-15(2,3)21-14(19)17-10-8-16(20,9-11-17)12-6-4-5-7-13(12)18/h12,20H,4-11H2,1-3H3. The molecule has 1 aliphatic carbocycles. The molecule has 1 saturated carbocycles. The molecular formula is C16H27NO4. The van der Waals surface area contributed by atoms with E-state index in [9.17, 15) is 14.7 Å². The van der Waals surface area contributed by atoms with E-state index in [0.717, 1.165) is 19.3 Å². The zero-order valence-corrected chi connectivity index (χ0v) is 13.4. The highest BCUT2D eigenvalue weighted by Gasteiger charge is 2.44. The van der Waals surface area contributed by atoms with Crippen LogP contribution in [0.2, 0.25) is 0 Å². The third-order valence-corrected chi connectivity index (χ3v) is 4.48. The second-order valence-corrected chi connectivity index (χ2v) is 7.34. The first-order chi connectivity index (χ1) is 9.71. The van der Waals surface area contributed by atoms with E-state index in [2.05, 4.69) is 0 Å². The van der Waals surface area contributed by atoms with E-state index in [1.165, 1.54) is 0 Å². The molecule has 5 heteroatoms. The van der Waals surface area contributed by atoms with Crippen molar-refractivity contribution in [3.05, 3.63) is 0 Å². The number of ether oxygens (including phenoxy) is 1. The van der Waals surface area contributed by atoms with E-state index >= 15 is 0 Å². The molecule has 1 unspecified atom stereocenters. The molecule has 0 bridgehead atoms. The number of ketones is 1. The van der Waals surface area contributed by atoms with Gasteiger partial charge in [0.1, 0.15) is 11.4 Å². The van der Waals surface area contributed by atoms with E-state index in [4.69, 9.17) is 4.74 Å². The minimum absolute atomic E-state index is 0.189. The third-order valence-electron chi connectivity index (χ3n) is 4.48. The van der Waals surface area contributed by atoms with Crippen LogP contribution in [0.3, 0.4) is 0 Å². The van der Waals surface area contributed by atoms with Crippen molar-refractivity contribution in [3.8, 4) is 0 Å². The first-order valence-electron chi connectivity index (χ1n) is 7.94. The van der Waals surface area contributed by atoms with Gasteiger partial charge in [-0.05, 0) is 46.5 Å². The number of carbonyl (C=O) groups excluding carboxylic acids is 2. The number of rotatable bonds is 1. The Morgan fingerprint density at radius 2 is 1.90 bits per heavy atom. The Kier molecular flexibility index (Phi) is 4.61. The molecule has 2 aliphatic rings. The highest BCUT2D eigenvalue weighted by Crippen LogP contribution is 2.37. The number of amides is 1. The summed E-state index contributed by atoms with van der Waals surface area (Å²) in [5, 5.41) is 10.8. The molecule has 1 aliphatic heterocycles. The Bertz CT molecular complexity index is 405. The van der Waals surface area contributed by atoms with Crippen LogP contribution in [0, 0.1) is 5.92 Å². The summed E-state index contributed by atoms with van der Waals surface area (Å²) in [6.07, 6.45) is 3.90. The molecule has 120 valence electrons. The molecule has 2 rings (SSSR count). The summed E-state index contributed by atoms with van der Waals surface area (Å²) in [5.41, 5.74) is -1.44. The quantitative estimate of drug-likeness (QED) is 0.807. The molecule has 0 aromatic rings. The van der Waals surface area contributed by atoms with Gasteiger partial charge in [-0.3, -0.25) is 4.79 Å². The fraction of sp³-hybridized carbons (Fsp3) is 0.875. The summed E-state index contributed by atoms with van der Waals surface area (Å²) < 4.78 is 5.35. The molecule has 0 aromatic carbocycles. The molecule has 2 fully saturated rings. The van der Waals surface area contributed by atoms with E-state index in [1.54, 1.807) is 4.90 Å². The molecule has 0 spiro atoms. The van der Waals surface area contributed by atoms with Crippen LogP contribution in [0.25, 0.3) is 0 Å². The first kappa shape index (κ1) is 16.3. The molecular weight excluding hydrogens is 270 g/mol. The molecule has 1 heterocycles. The number of carbonyl (C=O) groups is 2. The summed E-state index contributed by atoms with van der Waals surface area (Å²) in [6, 6.07) is 0. The first-order valence-corrected chi connectivity index (χ1v) is 7.94. The second kappa shape index (κ2) is 5.95. The van der Waals surface area contributed by atoms with Gasteiger partial charge in [0.15, 0.2) is 0 Å². The predicted octanol–water partition coefficient (Wildman–Crippen LogP) is 2.51. The van der Waals surface area contributed by atoms with Crippen LogP contribution < -0.4 is 0 Å². The van der Waals surface area contributed by atoms with Crippen molar-refractivity contribution in [3.63, 3.8) is 0 Å². The summed E-state index contributed by atoms with van der Waals surface area (Å²) >= 11 is 0. The van der Waals surface area contributed by atoms with Crippen LogP contribution in [0.4, 0.5) is 4.79 Å². The Hall–Kier alpha value is -1.10. The molecule has 0 radical (unpaired) electrons. The number of aliphatic hydroxyl groups is 1. The Morgan fingerprint density at radius 3 is 2.43 bits per heavy atom. The summed E-state index contributed by atoms with van der Waals surface area (Å²) in [4.78, 5) is 25.7. The van der Waals surface area contributed by atoms with Gasteiger partial charge in [0.25, 0.3) is 0 Å². The fourth-order valence-corrected chi connectivity index (χ4v) is 3.30. The summed E-state index contributed by atoms with van der Waals surface area (Å²) in [6.45, 7) is 6.42. The van der Waals surface area contributed by atoms with Crippen LogP contribution in [0.5, 0.6) is 0 Å². The lowest BCUT2D eigenvalue weighted by atomic mass is 9.71. The lowest BCUT2D eigenvalue weighted by Crippen LogP contribution is -2.53. The largest absolute Gasteiger partial charge is 0.444 e. The number of hydrogen-bond donors (Lipinski definition) is 1. The van der Waals surface area contributed by atoms with Crippen LogP contribution in [0.15, 0.2) is 0 Å². The van der Waals surface area contributed by atoms with Gasteiger partial charge in [-0.25, -0.2) is 4.79 Å². The lowest BCUT2D eigenvalue weighted by Gasteiger charge is -2.43. The highest BCUT2D eigenvalue weighted by molar-refractivity contribution is 5.82. The van der Waals surface area contributed by atoms with Gasteiger partial charge in [0.2, 0.25) is 0 Å². The van der Waals surface area contributed by atoms with Crippen LogP contribution >= 0.6 is 0 Å². The molecule has 5 nitrogen and oxygen atoms in total. The minimum atomic E-state index is -0.935. The van der Waals surface area contributed by atoms with Crippen molar-refractivity contribution in [1.29, 1.82) is 0 Å². The topological polar surface area (TPSA) is 66.8 Å². The normalized spacial score (nSPS) is 26.6. The second-order valence-electron chi connectivity index (χ2n) is 7.34. The van der Waals surface area contributed by atoms with Gasteiger partial charge in [-0.2, -0.15) is 0 Å². The van der Waals surface area contributed by atoms with Gasteiger partial charge < -0.3 is 14.7 Å². The number of hydrogen-bond acceptors (Lipinski definition) is 4. The average molecular weight is 297 g/mol. The molecule has 0 aromatic heterocycles. The van der Waals surface area contributed by atoms with E-state index in [0.29, 0.717) is 32.4 Å². The van der Waals surface area contributed by atoms with Gasteiger partial charge in [-0.15, -0.1) is 0 Å². The van der Waals surface area contributed by atoms with E-state index < -0.39 is 11.2 Å². The Morgan fingerprint density at radius 1 is 1.29 bits per heavy atom. The van der Waals surface area contributed by atoms with E-state index in [1.807, 2.05) is 20.8 Å². The van der Waals surface area contributed by atoms with Crippen molar-refractivity contribution < 1.29 is 19.4 Å². The predicted molar refractivity (Wildman–Crippen MR) is 79.0 cm³/mol. The number of piperidine rings is 1. The smallest absolute Gasteiger partial charge is 0.410 e. The Labute approximate surface area is 126 Å². The maximum Gasteiger partial charge on any atom is 0.410 e. The molecule has 1 atom stereocenters. The molecule has 1 amide bonds. The number of likely N-dealkylation sites (tertiary alicyclic amines) is 1. The summed E-state index contributed by atoms with van der Waals surface area (Å²) in [7, 11) is 0. The monoisotopic (exact) mass is 297 g/mol. The van der Waals surface area contributed by atoms with Crippen LogP contribution in [-0.2, 0) is 9.53 Å². The van der Waals surface area contributed by atoms with Crippen molar-refractivity contribution in [2.45, 2.75) is 70.5 Å². The van der Waals surface area contributed by atoms with Gasteiger partial charge in [0, 0.05) is 25.4 Å². The van der Waals surface area contributed by atoms with Crippen LogP contribution in [-0.4, -0.2) is 46.2 Å². The average Bonchev–Trinajstić information content (AvgIpc) is 2.37. The SMILES string of the molecule is CC(C)(C)OC(=O)N1CCC(O)(C2CCCCC2=O)CC1. The molecule has 1 saturated heterocycles. The maximum absolute atomic E-state index is 12.0. The Balaban J connectivity index is 1.93. The van der Waals surface area contributed by atoms with Gasteiger partial charge >= 0.3 is 6.09 Å². The van der Waals surface area contributed by atoms with Crippen molar-refractivity contribution in [2.75, 3.05) is 13.1 Å². The van der Waals surface area contributed by atoms with Crippen molar-refractivity contribution >= 4 is 11.9 Å². The zero-order chi connectivity index (χ0) is 15.7. The lowest BCUT2D eigenvalue weighted by molar-refractivity contribution is -0.140. The highest BCUT2D eigenvalue weighted by atomic mass is 16.6. The van der Waals surface area contributed by atoms with Gasteiger partial charge in [0.05, 0.1) is 5.60 Å². The molecule has 1 N–H and O–H groups in total. The van der Waals surface area contributed by atoms with Crippen LogP contribution in [0.1, 0.15) is 59.3 Å². The number of Topliss-reactive ketones (excluding diaryl/α,β-unsaturated/α-hetero) is 1. The summed E-state index contributed by atoms with van der Waals surface area (Å²) in [5.74, 6) is -0.0542. The van der Waals surface area contributed by atoms with Crippen molar-refractivity contribution in [1.82, 2.24) is 4.90 Å². The third kappa shape index (κ3) is 3.96. The zero-order valence-electron chi connectivity index (χ0n) is 13.4.